The van der Waals surface area contributed by atoms with E-state index in [9.17, 15) is 0 Å². The summed E-state index contributed by atoms with van der Waals surface area (Å²) in [4.78, 5) is 0. The van der Waals surface area contributed by atoms with Crippen molar-refractivity contribution in [2.24, 2.45) is 0 Å². The minimum Gasteiger partial charge on any atom is -0.147 e. The van der Waals surface area contributed by atoms with Crippen LogP contribution in [0.4, 0.5) is 0 Å². The fourth-order valence-corrected chi connectivity index (χ4v) is 35.5. The summed E-state index contributed by atoms with van der Waals surface area (Å²) < 4.78 is 8.33. The van der Waals surface area contributed by atoms with Gasteiger partial charge in [0.1, 0.15) is 0 Å². The molecular formula is C54H54Cl2Hf2. The molecule has 6 aliphatic carbocycles. The van der Waals surface area contributed by atoms with Gasteiger partial charge in [0, 0.05) is 0 Å². The van der Waals surface area contributed by atoms with E-state index in [1.165, 1.54) is 73.6 Å². The molecule has 0 spiro atoms. The second-order valence-corrected chi connectivity index (χ2v) is 34.5. The van der Waals surface area contributed by atoms with Gasteiger partial charge in [0.25, 0.3) is 0 Å². The van der Waals surface area contributed by atoms with Crippen LogP contribution in [0.1, 0.15) is 86.5 Å². The van der Waals surface area contributed by atoms with Crippen molar-refractivity contribution in [3.63, 3.8) is 0 Å². The predicted molar refractivity (Wildman–Crippen MR) is 247 cm³/mol. The zero-order chi connectivity index (χ0) is 37.5. The van der Waals surface area contributed by atoms with Gasteiger partial charge in [-0.15, -0.1) is 24.8 Å². The number of benzene rings is 4. The van der Waals surface area contributed by atoms with Crippen LogP contribution < -0.4 is 0 Å². The number of hydrogen-bond acceptors (Lipinski definition) is 0. The summed E-state index contributed by atoms with van der Waals surface area (Å²) in [5.41, 5.74) is 12.7. The summed E-state index contributed by atoms with van der Waals surface area (Å²) in [6, 6.07) is 44.9. The molecule has 292 valence electrons. The van der Waals surface area contributed by atoms with E-state index < -0.39 is 41.9 Å². The SMILES string of the molecule is C1=CC[C]([Hf](=[C](c2ccccc2)c2ccccc2)[CH]2C=CC3=C2CCCC3)=C1.C1=CC[C]([Hf](=[C](c2ccccc2)c2ccccc2)[CH]2C=CC3=C2CCCC3)=C1.Cl.Cl. The average molecular weight is 1130 g/mol. The first-order valence-electron chi connectivity index (χ1n) is 21.1. The summed E-state index contributed by atoms with van der Waals surface area (Å²) in [7, 11) is 0. The van der Waals surface area contributed by atoms with Gasteiger partial charge in [0.05, 0.1) is 0 Å². The summed E-state index contributed by atoms with van der Waals surface area (Å²) in [6.07, 6.45) is 37.5. The van der Waals surface area contributed by atoms with Crippen molar-refractivity contribution in [2.75, 3.05) is 0 Å². The summed E-state index contributed by atoms with van der Waals surface area (Å²) in [6.45, 7) is 0. The molecule has 2 atom stereocenters. The zero-order valence-corrected chi connectivity index (χ0v) is 42.2. The molecule has 0 heterocycles. The van der Waals surface area contributed by atoms with E-state index in [1.54, 1.807) is 35.5 Å². The molecule has 0 saturated carbocycles. The monoisotopic (exact) mass is 1130 g/mol. The standard InChI is InChI=1S/2C13H10.2C9H11.2C5H5.2ClH.2Hf/c2*1-3-7-12(8-4-1)11-13-9-5-2-6-10-13;2*1-2-5-9-7-3-6-8(9)4-1;2*1-2-4-5-3-1;;;;/h2*1-10H;2*3,6-7H,1-2,4-5H2;2*1-3H,4H2;2*1H;;. The maximum atomic E-state index is 2.60. The van der Waals surface area contributed by atoms with Crippen LogP contribution in [-0.4, -0.2) is 6.51 Å². The molecule has 0 nitrogen and oxygen atoms in total. The van der Waals surface area contributed by atoms with Crippen LogP contribution in [0.25, 0.3) is 0 Å². The first kappa shape index (κ1) is 43.0. The van der Waals surface area contributed by atoms with Gasteiger partial charge < -0.3 is 0 Å². The van der Waals surface area contributed by atoms with Crippen LogP contribution in [0.3, 0.4) is 0 Å². The van der Waals surface area contributed by atoms with Crippen LogP contribution in [0.5, 0.6) is 0 Å². The fraction of sp³-hybridized carbons (Fsp3) is 0.222. The van der Waals surface area contributed by atoms with Crippen molar-refractivity contribution in [2.45, 2.75) is 71.6 Å². The summed E-state index contributed by atoms with van der Waals surface area (Å²) in [5.74, 6) is 0. The van der Waals surface area contributed by atoms with Gasteiger partial charge in [-0.1, -0.05) is 0 Å². The molecule has 0 radical (unpaired) electrons. The van der Waals surface area contributed by atoms with Crippen LogP contribution >= 0.6 is 24.8 Å². The molecule has 4 aromatic rings. The molecule has 6 aliphatic rings. The minimum absolute atomic E-state index is 0. The molecule has 2 unspecified atom stereocenters. The Morgan fingerprint density at radius 1 is 0.414 bits per heavy atom. The Labute approximate surface area is 374 Å². The van der Waals surface area contributed by atoms with E-state index in [1.807, 2.05) is 0 Å². The number of halogens is 2. The first-order valence-corrected chi connectivity index (χ1v) is 32.4. The van der Waals surface area contributed by atoms with Gasteiger partial charge in [-0.2, -0.15) is 0 Å². The molecule has 4 heteroatoms. The Bertz CT molecular complexity index is 2130. The third-order valence-corrected chi connectivity index (χ3v) is 36.5. The maximum Gasteiger partial charge on any atom is -0.147 e. The van der Waals surface area contributed by atoms with Crippen molar-refractivity contribution in [3.05, 3.63) is 233 Å². The van der Waals surface area contributed by atoms with Gasteiger partial charge in [-0.25, -0.2) is 0 Å². The Balaban J connectivity index is 0.000000171. The maximum absolute atomic E-state index is 2.60. The minimum atomic E-state index is -2.41. The van der Waals surface area contributed by atoms with Crippen molar-refractivity contribution >= 4 is 31.3 Å². The van der Waals surface area contributed by atoms with Gasteiger partial charge in [-0.05, 0) is 0 Å². The normalized spacial score (nSPS) is 19.6. The Hall–Kier alpha value is -3.14. The van der Waals surface area contributed by atoms with Gasteiger partial charge in [0.2, 0.25) is 0 Å². The van der Waals surface area contributed by atoms with E-state index in [2.05, 4.69) is 182 Å². The van der Waals surface area contributed by atoms with Crippen LogP contribution in [0, 0.1) is 0 Å². The zero-order valence-electron chi connectivity index (χ0n) is 33.4. The molecule has 0 bridgehead atoms. The van der Waals surface area contributed by atoms with Crippen molar-refractivity contribution in [1.82, 2.24) is 0 Å². The molecule has 0 N–H and O–H groups in total. The molecule has 10 rings (SSSR count). The van der Waals surface area contributed by atoms with Gasteiger partial charge in [-0.3, -0.25) is 0 Å². The van der Waals surface area contributed by atoms with E-state index in [-0.39, 0.29) is 24.8 Å². The number of rotatable bonds is 8. The average Bonchev–Trinajstić information content (AvgIpc) is 4.12. The van der Waals surface area contributed by atoms with E-state index in [0.717, 1.165) is 12.8 Å². The molecule has 0 fully saturated rings. The summed E-state index contributed by atoms with van der Waals surface area (Å²) >= 11 is -4.82. The molecule has 58 heavy (non-hydrogen) atoms. The Morgan fingerprint density at radius 3 is 1.05 bits per heavy atom. The molecule has 4 aromatic carbocycles. The molecule has 0 saturated heterocycles. The topological polar surface area (TPSA) is 0 Å². The molecular weight excluding hydrogens is 1080 g/mol. The van der Waals surface area contributed by atoms with E-state index in [0.29, 0.717) is 7.35 Å². The van der Waals surface area contributed by atoms with E-state index >= 15 is 0 Å². The van der Waals surface area contributed by atoms with Crippen molar-refractivity contribution in [1.29, 1.82) is 0 Å². The second-order valence-electron chi connectivity index (χ2n) is 15.9. The third-order valence-electron chi connectivity index (χ3n) is 12.5. The first-order chi connectivity index (χ1) is 27.8. The fourth-order valence-electron chi connectivity index (χ4n) is 9.89. The predicted octanol–water partition coefficient (Wildman–Crippen LogP) is 14.7. The van der Waals surface area contributed by atoms with Crippen LogP contribution in [0.2, 0.25) is 7.35 Å². The van der Waals surface area contributed by atoms with Gasteiger partial charge >= 0.3 is 353 Å². The summed E-state index contributed by atoms with van der Waals surface area (Å²) in [5, 5.41) is 0. The molecule has 0 aliphatic heterocycles. The van der Waals surface area contributed by atoms with Crippen molar-refractivity contribution < 1.29 is 41.9 Å². The number of allylic oxidation sites excluding steroid dienone is 16. The van der Waals surface area contributed by atoms with Gasteiger partial charge in [0.15, 0.2) is 0 Å². The third kappa shape index (κ3) is 9.42. The van der Waals surface area contributed by atoms with Crippen LogP contribution in [-0.2, 0) is 41.9 Å². The van der Waals surface area contributed by atoms with Crippen molar-refractivity contribution in [3.8, 4) is 0 Å². The quantitative estimate of drug-likeness (QED) is 0.154. The second kappa shape index (κ2) is 20.9. The van der Waals surface area contributed by atoms with E-state index in [4.69, 9.17) is 0 Å². The van der Waals surface area contributed by atoms with Crippen LogP contribution in [0.15, 0.2) is 211 Å². The molecule has 0 amide bonds. The Morgan fingerprint density at radius 2 is 0.741 bits per heavy atom. The smallest absolute Gasteiger partial charge is 0.147 e. The largest absolute Gasteiger partial charge is 0.147 e. The Kier molecular flexibility index (Phi) is 15.5. The molecule has 0 aromatic heterocycles. The number of hydrogen-bond donors (Lipinski definition) is 0.